The molecule has 2 aliphatic heterocycles. The van der Waals surface area contributed by atoms with Crippen molar-refractivity contribution in [3.63, 3.8) is 0 Å². The van der Waals surface area contributed by atoms with Crippen molar-refractivity contribution in [2.75, 3.05) is 31.2 Å². The van der Waals surface area contributed by atoms with E-state index in [9.17, 15) is 4.79 Å². The van der Waals surface area contributed by atoms with Gasteiger partial charge < -0.3 is 14.4 Å². The summed E-state index contributed by atoms with van der Waals surface area (Å²) in [5, 5.41) is 0. The number of anilines is 1. The van der Waals surface area contributed by atoms with Crippen LogP contribution in [0.15, 0.2) is 23.8 Å². The van der Waals surface area contributed by atoms with Crippen molar-refractivity contribution in [2.45, 2.75) is 26.2 Å². The number of esters is 1. The second-order valence-corrected chi connectivity index (χ2v) is 5.38. The molecule has 0 radical (unpaired) electrons. The van der Waals surface area contributed by atoms with Crippen molar-refractivity contribution in [1.29, 1.82) is 0 Å². The zero-order chi connectivity index (χ0) is 14.7. The van der Waals surface area contributed by atoms with E-state index in [-0.39, 0.29) is 5.97 Å². The highest BCUT2D eigenvalue weighted by molar-refractivity contribution is 5.95. The number of fused-ring (bicyclic) bond motifs is 1. The fourth-order valence-corrected chi connectivity index (χ4v) is 2.93. The van der Waals surface area contributed by atoms with Gasteiger partial charge >= 0.3 is 5.97 Å². The SMILES string of the molecule is CCOC(=O)C1=Cc2cccc(N3CCCC3)c2OCC1. The minimum atomic E-state index is -0.236. The van der Waals surface area contributed by atoms with E-state index in [1.165, 1.54) is 12.8 Å². The summed E-state index contributed by atoms with van der Waals surface area (Å²) in [7, 11) is 0. The molecule has 0 aromatic heterocycles. The van der Waals surface area contributed by atoms with E-state index in [2.05, 4.69) is 11.0 Å². The fourth-order valence-electron chi connectivity index (χ4n) is 2.93. The topological polar surface area (TPSA) is 38.8 Å². The van der Waals surface area contributed by atoms with Crippen LogP contribution >= 0.6 is 0 Å². The van der Waals surface area contributed by atoms with Crippen LogP contribution in [0.25, 0.3) is 6.08 Å². The van der Waals surface area contributed by atoms with E-state index in [1.807, 2.05) is 25.1 Å². The minimum Gasteiger partial charge on any atom is -0.490 e. The first kappa shape index (κ1) is 14.0. The highest BCUT2D eigenvalue weighted by Gasteiger charge is 2.22. The van der Waals surface area contributed by atoms with Crippen LogP contribution in [0.2, 0.25) is 0 Å². The molecule has 3 rings (SSSR count). The number of carbonyl (C=O) groups is 1. The molecular weight excluding hydrogens is 266 g/mol. The van der Waals surface area contributed by atoms with Crippen molar-refractivity contribution in [3.05, 3.63) is 29.3 Å². The largest absolute Gasteiger partial charge is 0.490 e. The Kier molecular flexibility index (Phi) is 4.13. The van der Waals surface area contributed by atoms with Crippen molar-refractivity contribution in [1.82, 2.24) is 0 Å². The van der Waals surface area contributed by atoms with Gasteiger partial charge in [-0.3, -0.25) is 0 Å². The summed E-state index contributed by atoms with van der Waals surface area (Å²) in [6, 6.07) is 6.13. The molecule has 0 amide bonds. The molecule has 112 valence electrons. The Balaban J connectivity index is 1.94. The van der Waals surface area contributed by atoms with Crippen LogP contribution in [-0.2, 0) is 9.53 Å². The molecule has 0 spiro atoms. The van der Waals surface area contributed by atoms with Gasteiger partial charge in [-0.25, -0.2) is 4.79 Å². The standard InChI is InChI=1S/C17H21NO3/c1-2-20-17(19)14-8-11-21-16-13(12-14)6-5-7-15(16)18-9-3-4-10-18/h5-7,12H,2-4,8-11H2,1H3. The second kappa shape index (κ2) is 6.20. The number of carbonyl (C=O) groups excluding carboxylic acids is 1. The lowest BCUT2D eigenvalue weighted by molar-refractivity contribution is -0.138. The number of para-hydroxylation sites is 1. The summed E-state index contributed by atoms with van der Waals surface area (Å²) < 4.78 is 11.1. The van der Waals surface area contributed by atoms with Crippen LogP contribution in [0.1, 0.15) is 31.7 Å². The second-order valence-electron chi connectivity index (χ2n) is 5.38. The number of rotatable bonds is 3. The molecule has 21 heavy (non-hydrogen) atoms. The van der Waals surface area contributed by atoms with Gasteiger partial charge in [-0.15, -0.1) is 0 Å². The molecule has 0 aliphatic carbocycles. The smallest absolute Gasteiger partial charge is 0.334 e. The van der Waals surface area contributed by atoms with Crippen molar-refractivity contribution in [3.8, 4) is 5.75 Å². The average Bonchev–Trinajstić information content (AvgIpc) is 2.92. The van der Waals surface area contributed by atoms with Gasteiger partial charge in [0.2, 0.25) is 0 Å². The zero-order valence-corrected chi connectivity index (χ0v) is 12.4. The van der Waals surface area contributed by atoms with Gasteiger partial charge in [-0.1, -0.05) is 12.1 Å². The zero-order valence-electron chi connectivity index (χ0n) is 12.4. The summed E-state index contributed by atoms with van der Waals surface area (Å²) >= 11 is 0. The van der Waals surface area contributed by atoms with Gasteiger partial charge in [0.15, 0.2) is 0 Å². The van der Waals surface area contributed by atoms with Crippen molar-refractivity contribution < 1.29 is 14.3 Å². The molecule has 0 unspecified atom stereocenters. The third-order valence-corrected chi connectivity index (χ3v) is 3.96. The molecule has 1 aromatic carbocycles. The third kappa shape index (κ3) is 2.89. The monoisotopic (exact) mass is 287 g/mol. The highest BCUT2D eigenvalue weighted by atomic mass is 16.5. The van der Waals surface area contributed by atoms with Crippen LogP contribution in [0.3, 0.4) is 0 Å². The lowest BCUT2D eigenvalue weighted by Crippen LogP contribution is -2.18. The summed E-state index contributed by atoms with van der Waals surface area (Å²) in [4.78, 5) is 14.3. The van der Waals surface area contributed by atoms with E-state index < -0.39 is 0 Å². The van der Waals surface area contributed by atoms with E-state index in [0.717, 1.165) is 30.1 Å². The Morgan fingerprint density at radius 1 is 1.33 bits per heavy atom. The first-order chi connectivity index (χ1) is 10.3. The predicted octanol–water partition coefficient (Wildman–Crippen LogP) is 3.02. The normalized spacial score (nSPS) is 17.6. The lowest BCUT2D eigenvalue weighted by atomic mass is 10.1. The minimum absolute atomic E-state index is 0.236. The summed E-state index contributed by atoms with van der Waals surface area (Å²) in [5.41, 5.74) is 2.81. The molecule has 1 saturated heterocycles. The Labute approximate surface area is 125 Å². The molecule has 0 bridgehead atoms. The van der Waals surface area contributed by atoms with E-state index in [0.29, 0.717) is 25.2 Å². The van der Waals surface area contributed by atoms with Crippen molar-refractivity contribution in [2.24, 2.45) is 0 Å². The molecule has 0 saturated carbocycles. The van der Waals surface area contributed by atoms with Gasteiger partial charge in [0, 0.05) is 30.6 Å². The van der Waals surface area contributed by atoms with Crippen LogP contribution in [0.4, 0.5) is 5.69 Å². The van der Waals surface area contributed by atoms with Gasteiger partial charge in [-0.2, -0.15) is 0 Å². The number of nitrogens with zero attached hydrogens (tertiary/aromatic N) is 1. The Morgan fingerprint density at radius 2 is 2.14 bits per heavy atom. The number of ether oxygens (including phenoxy) is 2. The molecular formula is C17H21NO3. The van der Waals surface area contributed by atoms with E-state index >= 15 is 0 Å². The molecule has 4 heteroatoms. The van der Waals surface area contributed by atoms with E-state index in [1.54, 1.807) is 0 Å². The first-order valence-electron chi connectivity index (χ1n) is 7.68. The lowest BCUT2D eigenvalue weighted by Gasteiger charge is -2.22. The van der Waals surface area contributed by atoms with Gasteiger partial charge in [0.1, 0.15) is 5.75 Å². The summed E-state index contributed by atoms with van der Waals surface area (Å²) in [6.07, 6.45) is 4.97. The Hall–Kier alpha value is -1.97. The molecule has 2 heterocycles. The molecule has 2 aliphatic rings. The van der Waals surface area contributed by atoms with Gasteiger partial charge in [-0.05, 0) is 31.9 Å². The van der Waals surface area contributed by atoms with Gasteiger partial charge in [0.25, 0.3) is 0 Å². The van der Waals surface area contributed by atoms with Crippen LogP contribution in [0.5, 0.6) is 5.75 Å². The highest BCUT2D eigenvalue weighted by Crippen LogP contribution is 2.37. The average molecular weight is 287 g/mol. The van der Waals surface area contributed by atoms with Crippen molar-refractivity contribution >= 4 is 17.7 Å². The van der Waals surface area contributed by atoms with E-state index in [4.69, 9.17) is 9.47 Å². The van der Waals surface area contributed by atoms with Crippen LogP contribution < -0.4 is 9.64 Å². The number of benzene rings is 1. The maximum absolute atomic E-state index is 11.9. The molecule has 1 fully saturated rings. The number of hydrogen-bond acceptors (Lipinski definition) is 4. The maximum Gasteiger partial charge on any atom is 0.334 e. The fraction of sp³-hybridized carbons (Fsp3) is 0.471. The Morgan fingerprint density at radius 3 is 2.90 bits per heavy atom. The Bertz CT molecular complexity index is 559. The van der Waals surface area contributed by atoms with Crippen LogP contribution in [-0.4, -0.2) is 32.3 Å². The maximum atomic E-state index is 11.9. The number of hydrogen-bond donors (Lipinski definition) is 0. The third-order valence-electron chi connectivity index (χ3n) is 3.96. The van der Waals surface area contributed by atoms with Crippen LogP contribution in [0, 0.1) is 0 Å². The van der Waals surface area contributed by atoms with Gasteiger partial charge in [0.05, 0.1) is 18.9 Å². The molecule has 4 nitrogen and oxygen atoms in total. The quantitative estimate of drug-likeness (QED) is 0.801. The summed E-state index contributed by atoms with van der Waals surface area (Å²) in [6.45, 7) is 4.90. The molecule has 1 aromatic rings. The predicted molar refractivity (Wildman–Crippen MR) is 82.6 cm³/mol. The molecule has 0 N–H and O–H groups in total. The molecule has 0 atom stereocenters. The summed E-state index contributed by atoms with van der Waals surface area (Å²) in [5.74, 6) is 0.666. The first-order valence-corrected chi connectivity index (χ1v) is 7.68.